The van der Waals surface area contributed by atoms with Gasteiger partial charge < -0.3 is 0 Å². The molecule has 21 heavy (non-hydrogen) atoms. The molecule has 7 heteroatoms. The predicted octanol–water partition coefficient (Wildman–Crippen LogP) is 2.85. The number of carbonyl (C=O) groups excluding carboxylic acids is 1. The zero-order valence-electron chi connectivity index (χ0n) is 10.6. The fourth-order valence-corrected chi connectivity index (χ4v) is 3.79. The van der Waals surface area contributed by atoms with Crippen molar-refractivity contribution in [2.75, 3.05) is 0 Å². The van der Waals surface area contributed by atoms with Crippen LogP contribution in [0.4, 0.5) is 0 Å². The van der Waals surface area contributed by atoms with Crippen molar-refractivity contribution in [2.24, 2.45) is 0 Å². The van der Waals surface area contributed by atoms with Crippen LogP contribution in [-0.4, -0.2) is 23.7 Å². The van der Waals surface area contributed by atoms with Crippen molar-refractivity contribution in [1.29, 1.82) is 0 Å². The van der Waals surface area contributed by atoms with E-state index >= 15 is 0 Å². The molecular formula is C14H9BrN2O3S. The molecule has 3 aromatic rings. The Balaban J connectivity index is 2.35. The zero-order chi connectivity index (χ0) is 15.0. The predicted molar refractivity (Wildman–Crippen MR) is 81.8 cm³/mol. The third-order valence-electron chi connectivity index (χ3n) is 3.08. The molecule has 0 radical (unpaired) electrons. The molecule has 0 amide bonds. The summed E-state index contributed by atoms with van der Waals surface area (Å²) in [6, 6.07) is 8.15. The third-order valence-corrected chi connectivity index (χ3v) is 5.23. The molecule has 0 aliphatic carbocycles. The van der Waals surface area contributed by atoms with Gasteiger partial charge in [-0.05, 0) is 24.3 Å². The first-order chi connectivity index (χ1) is 10.0. The summed E-state index contributed by atoms with van der Waals surface area (Å²) in [5.41, 5.74) is 0.764. The number of aldehydes is 1. The van der Waals surface area contributed by atoms with Crippen LogP contribution in [0.25, 0.3) is 10.9 Å². The zero-order valence-corrected chi connectivity index (χ0v) is 13.0. The number of aromatic nitrogens is 2. The van der Waals surface area contributed by atoms with Crippen molar-refractivity contribution >= 4 is 43.1 Å². The van der Waals surface area contributed by atoms with Crippen molar-refractivity contribution in [2.45, 2.75) is 4.90 Å². The number of rotatable bonds is 3. The summed E-state index contributed by atoms with van der Waals surface area (Å²) in [5.74, 6) is 0. The average molecular weight is 365 g/mol. The van der Waals surface area contributed by atoms with E-state index in [1.165, 1.54) is 24.7 Å². The summed E-state index contributed by atoms with van der Waals surface area (Å²) in [6.45, 7) is 0. The second-order valence-corrected chi connectivity index (χ2v) is 7.08. The first-order valence-electron chi connectivity index (χ1n) is 5.95. The lowest BCUT2D eigenvalue weighted by atomic mass is 10.2. The fourth-order valence-electron chi connectivity index (χ4n) is 2.10. The van der Waals surface area contributed by atoms with Crippen molar-refractivity contribution in [3.05, 3.63) is 59.0 Å². The summed E-state index contributed by atoms with van der Waals surface area (Å²) in [4.78, 5) is 15.0. The molecule has 2 heterocycles. The molecule has 0 N–H and O–H groups in total. The summed E-state index contributed by atoms with van der Waals surface area (Å²) < 4.78 is 27.2. The highest BCUT2D eigenvalue weighted by atomic mass is 79.9. The lowest BCUT2D eigenvalue weighted by Crippen LogP contribution is -2.12. The maximum absolute atomic E-state index is 12.7. The van der Waals surface area contributed by atoms with E-state index in [9.17, 15) is 13.2 Å². The number of nitrogens with zero attached hydrogens (tertiary/aromatic N) is 2. The van der Waals surface area contributed by atoms with Crippen molar-refractivity contribution in [3.8, 4) is 0 Å². The van der Waals surface area contributed by atoms with E-state index in [1.54, 1.807) is 24.3 Å². The minimum atomic E-state index is -3.80. The van der Waals surface area contributed by atoms with Gasteiger partial charge in [0.2, 0.25) is 0 Å². The Labute approximate surface area is 129 Å². The van der Waals surface area contributed by atoms with E-state index in [1.807, 2.05) is 0 Å². The number of carbonyl (C=O) groups is 1. The SMILES string of the molecule is O=Cc1cn(S(=O)(=O)c2cccnc2)c2cc(Br)ccc12. The molecule has 0 bridgehead atoms. The molecule has 0 spiro atoms. The first-order valence-corrected chi connectivity index (χ1v) is 8.19. The van der Waals surface area contributed by atoms with E-state index in [4.69, 9.17) is 0 Å². The van der Waals surface area contributed by atoms with Gasteiger partial charge >= 0.3 is 0 Å². The number of hydrogen-bond donors (Lipinski definition) is 0. The normalized spacial score (nSPS) is 11.7. The van der Waals surface area contributed by atoms with Gasteiger partial charge in [-0.2, -0.15) is 0 Å². The molecule has 3 rings (SSSR count). The van der Waals surface area contributed by atoms with Gasteiger partial charge in [-0.25, -0.2) is 12.4 Å². The molecule has 0 saturated carbocycles. The molecule has 0 saturated heterocycles. The number of benzene rings is 1. The molecule has 0 unspecified atom stereocenters. The van der Waals surface area contributed by atoms with E-state index < -0.39 is 10.0 Å². The number of hydrogen-bond acceptors (Lipinski definition) is 4. The topological polar surface area (TPSA) is 69.0 Å². The van der Waals surface area contributed by atoms with E-state index in [-0.39, 0.29) is 4.90 Å². The summed E-state index contributed by atoms with van der Waals surface area (Å²) >= 11 is 3.31. The fraction of sp³-hybridized carbons (Fsp3) is 0. The van der Waals surface area contributed by atoms with Gasteiger partial charge in [0, 0.05) is 34.0 Å². The Morgan fingerprint density at radius 2 is 2.05 bits per heavy atom. The molecule has 1 aromatic carbocycles. The van der Waals surface area contributed by atoms with Gasteiger partial charge in [-0.15, -0.1) is 0 Å². The van der Waals surface area contributed by atoms with Crippen LogP contribution in [0.3, 0.4) is 0 Å². The second-order valence-electron chi connectivity index (χ2n) is 4.35. The Morgan fingerprint density at radius 3 is 2.71 bits per heavy atom. The van der Waals surface area contributed by atoms with Crippen LogP contribution >= 0.6 is 15.9 Å². The van der Waals surface area contributed by atoms with Crippen molar-refractivity contribution < 1.29 is 13.2 Å². The Bertz CT molecular complexity index is 934. The lowest BCUT2D eigenvalue weighted by Gasteiger charge is -2.07. The quantitative estimate of drug-likeness (QED) is 0.670. The van der Waals surface area contributed by atoms with E-state index in [0.717, 1.165) is 8.45 Å². The standard InChI is InChI=1S/C14H9BrN2O3S/c15-11-3-4-13-10(9-18)8-17(14(13)6-11)21(19,20)12-2-1-5-16-7-12/h1-9H. The molecule has 0 atom stereocenters. The first kappa shape index (κ1) is 14.0. The lowest BCUT2D eigenvalue weighted by molar-refractivity contribution is 0.112. The van der Waals surface area contributed by atoms with Gasteiger partial charge in [-0.3, -0.25) is 9.78 Å². The number of halogens is 1. The van der Waals surface area contributed by atoms with Gasteiger partial charge in [-0.1, -0.05) is 22.0 Å². The molecule has 2 aromatic heterocycles. The molecule has 0 aliphatic rings. The maximum Gasteiger partial charge on any atom is 0.269 e. The highest BCUT2D eigenvalue weighted by molar-refractivity contribution is 9.10. The monoisotopic (exact) mass is 364 g/mol. The molecule has 0 fully saturated rings. The molecule has 5 nitrogen and oxygen atoms in total. The Kier molecular flexibility index (Phi) is 3.38. The van der Waals surface area contributed by atoms with Crippen LogP contribution in [0.15, 0.2) is 58.3 Å². The van der Waals surface area contributed by atoms with Crippen LogP contribution in [0.1, 0.15) is 10.4 Å². The summed E-state index contributed by atoms with van der Waals surface area (Å²) in [5, 5.41) is 0.584. The Hall–Kier alpha value is -1.99. The third kappa shape index (κ3) is 2.28. The maximum atomic E-state index is 12.7. The van der Waals surface area contributed by atoms with Crippen LogP contribution in [0.5, 0.6) is 0 Å². The molecule has 0 aliphatic heterocycles. The van der Waals surface area contributed by atoms with E-state index in [0.29, 0.717) is 22.8 Å². The smallest absolute Gasteiger partial charge is 0.269 e. The van der Waals surface area contributed by atoms with Crippen LogP contribution < -0.4 is 0 Å². The summed E-state index contributed by atoms with van der Waals surface area (Å²) in [6.07, 6.45) is 4.75. The van der Waals surface area contributed by atoms with Crippen LogP contribution in [-0.2, 0) is 10.0 Å². The number of pyridine rings is 1. The van der Waals surface area contributed by atoms with Gasteiger partial charge in [0.15, 0.2) is 6.29 Å². The minimum absolute atomic E-state index is 0.0688. The minimum Gasteiger partial charge on any atom is -0.298 e. The molecular weight excluding hydrogens is 356 g/mol. The second kappa shape index (κ2) is 5.09. The van der Waals surface area contributed by atoms with Crippen LogP contribution in [0.2, 0.25) is 0 Å². The largest absolute Gasteiger partial charge is 0.298 e. The highest BCUT2D eigenvalue weighted by Crippen LogP contribution is 2.27. The van der Waals surface area contributed by atoms with E-state index in [2.05, 4.69) is 20.9 Å². The van der Waals surface area contributed by atoms with Crippen LogP contribution in [0, 0.1) is 0 Å². The van der Waals surface area contributed by atoms with Crippen molar-refractivity contribution in [3.63, 3.8) is 0 Å². The molecule has 106 valence electrons. The van der Waals surface area contributed by atoms with Gasteiger partial charge in [0.1, 0.15) is 4.90 Å². The highest BCUT2D eigenvalue weighted by Gasteiger charge is 2.21. The average Bonchev–Trinajstić information content (AvgIpc) is 2.86. The Morgan fingerprint density at radius 1 is 1.24 bits per heavy atom. The van der Waals surface area contributed by atoms with Gasteiger partial charge in [0.05, 0.1) is 5.52 Å². The van der Waals surface area contributed by atoms with Gasteiger partial charge in [0.25, 0.3) is 10.0 Å². The number of fused-ring (bicyclic) bond motifs is 1. The van der Waals surface area contributed by atoms with Crippen molar-refractivity contribution in [1.82, 2.24) is 8.96 Å². The summed E-state index contributed by atoms with van der Waals surface area (Å²) in [7, 11) is -3.80.